The van der Waals surface area contributed by atoms with Gasteiger partial charge in [-0.1, -0.05) is 0 Å². The van der Waals surface area contributed by atoms with E-state index < -0.39 is 6.09 Å². The van der Waals surface area contributed by atoms with Gasteiger partial charge < -0.3 is 15.3 Å². The van der Waals surface area contributed by atoms with Gasteiger partial charge in [-0.3, -0.25) is 9.69 Å². The van der Waals surface area contributed by atoms with Gasteiger partial charge in [-0.2, -0.15) is 0 Å². The second-order valence-corrected chi connectivity index (χ2v) is 4.27. The molecule has 92 valence electrons. The first kappa shape index (κ1) is 12.8. The van der Waals surface area contributed by atoms with Crippen LogP contribution in [0, 0.1) is 0 Å². The van der Waals surface area contributed by atoms with Gasteiger partial charge in [-0.15, -0.1) is 0 Å². The Hall–Kier alpha value is -1.30. The lowest BCUT2D eigenvalue weighted by Crippen LogP contribution is -2.51. The molecule has 0 aromatic carbocycles. The van der Waals surface area contributed by atoms with Crippen LogP contribution >= 0.6 is 0 Å². The molecule has 0 unspecified atom stereocenters. The number of piperazine rings is 1. The molecule has 1 aliphatic heterocycles. The summed E-state index contributed by atoms with van der Waals surface area (Å²) in [4.78, 5) is 25.5. The van der Waals surface area contributed by atoms with Crippen molar-refractivity contribution in [1.82, 2.24) is 15.1 Å². The van der Waals surface area contributed by atoms with Crippen LogP contribution in [-0.2, 0) is 4.79 Å². The van der Waals surface area contributed by atoms with Gasteiger partial charge in [0.15, 0.2) is 0 Å². The third kappa shape index (κ3) is 4.06. The summed E-state index contributed by atoms with van der Waals surface area (Å²) in [6.07, 6.45) is -0.883. The van der Waals surface area contributed by atoms with E-state index in [1.165, 1.54) is 4.90 Å². The summed E-state index contributed by atoms with van der Waals surface area (Å²) in [5.41, 5.74) is 0. The van der Waals surface area contributed by atoms with Crippen LogP contribution in [0.3, 0.4) is 0 Å². The number of amides is 2. The molecule has 1 saturated heterocycles. The predicted octanol–water partition coefficient (Wildman–Crippen LogP) is -0.193. The largest absolute Gasteiger partial charge is 0.465 e. The molecule has 0 aromatic heterocycles. The van der Waals surface area contributed by atoms with Gasteiger partial charge in [0, 0.05) is 32.2 Å². The summed E-state index contributed by atoms with van der Waals surface area (Å²) in [5, 5.41) is 11.6. The van der Waals surface area contributed by atoms with Gasteiger partial charge in [0.05, 0.1) is 6.54 Å². The summed E-state index contributed by atoms with van der Waals surface area (Å²) in [6, 6.07) is 0.146. The van der Waals surface area contributed by atoms with Crippen LogP contribution in [0.5, 0.6) is 0 Å². The SMILES string of the molecule is CC(C)NC(=O)CN1CCN(C(=O)O)CC1. The Balaban J connectivity index is 2.26. The third-order valence-corrected chi connectivity index (χ3v) is 2.46. The van der Waals surface area contributed by atoms with E-state index in [0.29, 0.717) is 32.7 Å². The number of hydrogen-bond acceptors (Lipinski definition) is 3. The van der Waals surface area contributed by atoms with E-state index >= 15 is 0 Å². The quantitative estimate of drug-likeness (QED) is 0.703. The fourth-order valence-corrected chi connectivity index (χ4v) is 1.67. The summed E-state index contributed by atoms with van der Waals surface area (Å²) < 4.78 is 0. The van der Waals surface area contributed by atoms with Crippen molar-refractivity contribution in [3.63, 3.8) is 0 Å². The highest BCUT2D eigenvalue weighted by Gasteiger charge is 2.21. The topological polar surface area (TPSA) is 72.9 Å². The fourth-order valence-electron chi connectivity index (χ4n) is 1.67. The molecule has 1 heterocycles. The van der Waals surface area contributed by atoms with Crippen molar-refractivity contribution in [2.24, 2.45) is 0 Å². The minimum atomic E-state index is -0.883. The minimum Gasteiger partial charge on any atom is -0.465 e. The molecule has 1 aliphatic rings. The van der Waals surface area contributed by atoms with E-state index in [0.717, 1.165) is 0 Å². The Kier molecular flexibility index (Phi) is 4.54. The molecule has 0 aliphatic carbocycles. The van der Waals surface area contributed by atoms with Crippen LogP contribution < -0.4 is 5.32 Å². The van der Waals surface area contributed by atoms with E-state index in [1.807, 2.05) is 18.7 Å². The van der Waals surface area contributed by atoms with Crippen LogP contribution in [0.15, 0.2) is 0 Å². The van der Waals surface area contributed by atoms with Crippen molar-refractivity contribution in [3.8, 4) is 0 Å². The molecule has 16 heavy (non-hydrogen) atoms. The van der Waals surface area contributed by atoms with E-state index in [4.69, 9.17) is 5.11 Å². The van der Waals surface area contributed by atoms with Crippen LogP contribution in [0.4, 0.5) is 4.79 Å². The zero-order chi connectivity index (χ0) is 12.1. The Morgan fingerprint density at radius 3 is 2.25 bits per heavy atom. The smallest absolute Gasteiger partial charge is 0.407 e. The van der Waals surface area contributed by atoms with Crippen molar-refractivity contribution in [1.29, 1.82) is 0 Å². The lowest BCUT2D eigenvalue weighted by Gasteiger charge is -2.32. The molecule has 0 radical (unpaired) electrons. The first-order valence-electron chi connectivity index (χ1n) is 5.48. The summed E-state index contributed by atoms with van der Waals surface area (Å²) >= 11 is 0. The van der Waals surface area contributed by atoms with Gasteiger partial charge in [0.2, 0.25) is 5.91 Å². The lowest BCUT2D eigenvalue weighted by atomic mass is 10.3. The van der Waals surface area contributed by atoms with E-state index in [2.05, 4.69) is 5.32 Å². The van der Waals surface area contributed by atoms with E-state index in [1.54, 1.807) is 0 Å². The van der Waals surface area contributed by atoms with Crippen LogP contribution in [-0.4, -0.2) is 65.7 Å². The molecule has 0 saturated carbocycles. The van der Waals surface area contributed by atoms with Gasteiger partial charge >= 0.3 is 6.09 Å². The number of nitrogens with one attached hydrogen (secondary N) is 1. The molecular weight excluding hydrogens is 210 g/mol. The molecule has 6 nitrogen and oxygen atoms in total. The third-order valence-electron chi connectivity index (χ3n) is 2.46. The standard InChI is InChI=1S/C10H19N3O3/c1-8(2)11-9(14)7-12-3-5-13(6-4-12)10(15)16/h8H,3-7H2,1-2H3,(H,11,14)(H,15,16). The highest BCUT2D eigenvalue weighted by molar-refractivity contribution is 5.78. The Morgan fingerprint density at radius 1 is 1.25 bits per heavy atom. The minimum absolute atomic E-state index is 0.00113. The van der Waals surface area contributed by atoms with Crippen LogP contribution in [0.25, 0.3) is 0 Å². The van der Waals surface area contributed by atoms with Gasteiger partial charge in [-0.25, -0.2) is 4.79 Å². The number of carbonyl (C=O) groups is 2. The predicted molar refractivity (Wildman–Crippen MR) is 59.3 cm³/mol. The summed E-state index contributed by atoms with van der Waals surface area (Å²) in [5.74, 6) is -0.00113. The molecule has 0 aromatic rings. The average molecular weight is 229 g/mol. The molecule has 2 N–H and O–H groups in total. The fraction of sp³-hybridized carbons (Fsp3) is 0.800. The molecule has 0 bridgehead atoms. The highest BCUT2D eigenvalue weighted by atomic mass is 16.4. The summed E-state index contributed by atoms with van der Waals surface area (Å²) in [6.45, 7) is 6.39. The van der Waals surface area contributed by atoms with Gasteiger partial charge in [0.25, 0.3) is 0 Å². The highest BCUT2D eigenvalue weighted by Crippen LogP contribution is 2.01. The Labute approximate surface area is 95.2 Å². The number of carboxylic acid groups (broad SMARTS) is 1. The first-order valence-corrected chi connectivity index (χ1v) is 5.48. The zero-order valence-electron chi connectivity index (χ0n) is 9.77. The van der Waals surface area contributed by atoms with E-state index in [-0.39, 0.29) is 11.9 Å². The van der Waals surface area contributed by atoms with Crippen LogP contribution in [0.2, 0.25) is 0 Å². The van der Waals surface area contributed by atoms with Crippen molar-refractivity contribution in [3.05, 3.63) is 0 Å². The number of nitrogens with zero attached hydrogens (tertiary/aromatic N) is 2. The van der Waals surface area contributed by atoms with Gasteiger partial charge in [-0.05, 0) is 13.8 Å². The Bertz CT molecular complexity index is 260. The Morgan fingerprint density at radius 2 is 1.81 bits per heavy atom. The zero-order valence-corrected chi connectivity index (χ0v) is 9.77. The van der Waals surface area contributed by atoms with Crippen LogP contribution in [0.1, 0.15) is 13.8 Å². The van der Waals surface area contributed by atoms with Crippen molar-refractivity contribution in [2.75, 3.05) is 32.7 Å². The second kappa shape index (κ2) is 5.69. The van der Waals surface area contributed by atoms with Crippen molar-refractivity contribution < 1.29 is 14.7 Å². The maximum Gasteiger partial charge on any atom is 0.407 e. The molecule has 2 amide bonds. The maximum atomic E-state index is 11.5. The molecule has 1 rings (SSSR count). The first-order chi connectivity index (χ1) is 7.49. The molecular formula is C10H19N3O3. The maximum absolute atomic E-state index is 11.5. The normalized spacial score (nSPS) is 17.6. The number of carbonyl (C=O) groups excluding carboxylic acids is 1. The molecule has 0 atom stereocenters. The number of rotatable bonds is 3. The molecule has 6 heteroatoms. The second-order valence-electron chi connectivity index (χ2n) is 4.27. The monoisotopic (exact) mass is 229 g/mol. The summed E-state index contributed by atoms with van der Waals surface area (Å²) in [7, 11) is 0. The molecule has 0 spiro atoms. The van der Waals surface area contributed by atoms with Crippen molar-refractivity contribution in [2.45, 2.75) is 19.9 Å². The number of hydrogen-bond donors (Lipinski definition) is 2. The van der Waals surface area contributed by atoms with Gasteiger partial charge in [0.1, 0.15) is 0 Å². The average Bonchev–Trinajstić information content (AvgIpc) is 2.16. The molecule has 1 fully saturated rings. The van der Waals surface area contributed by atoms with Crippen molar-refractivity contribution >= 4 is 12.0 Å². The lowest BCUT2D eigenvalue weighted by molar-refractivity contribution is -0.123. The van der Waals surface area contributed by atoms with E-state index in [9.17, 15) is 9.59 Å².